The number of nitrogens with one attached hydrogen (secondary N) is 3. The number of ether oxygens (including phenoxy) is 3. The Labute approximate surface area is 322 Å². The second kappa shape index (κ2) is 12.3. The van der Waals surface area contributed by atoms with Crippen molar-refractivity contribution in [3.05, 3.63) is 118 Å². The van der Waals surface area contributed by atoms with E-state index in [1.807, 2.05) is 32.2 Å². The van der Waals surface area contributed by atoms with Gasteiger partial charge < -0.3 is 55.4 Å². The number of aromatic nitrogens is 2. The fraction of sp³-hybridized carbons (Fsp3) is 0.395. The smallest absolute Gasteiger partial charge is 0.342 e. The molecule has 3 aromatic heterocycles. The Morgan fingerprint density at radius 1 is 1.04 bits per heavy atom. The highest BCUT2D eigenvalue weighted by atomic mass is 16.7. The maximum Gasteiger partial charge on any atom is 0.342 e. The molecule has 1 spiro atoms. The minimum Gasteiger partial charge on any atom is -0.507 e. The Morgan fingerprint density at radius 3 is 2.68 bits per heavy atom. The molecule has 2 unspecified atom stereocenters. The highest BCUT2D eigenvalue weighted by Crippen LogP contribution is 2.58. The third-order valence-corrected chi connectivity index (χ3v) is 12.5. The van der Waals surface area contributed by atoms with Crippen molar-refractivity contribution in [2.24, 2.45) is 23.3 Å². The quantitative estimate of drug-likeness (QED) is 0.0893. The van der Waals surface area contributed by atoms with Gasteiger partial charge in [0.2, 0.25) is 0 Å². The van der Waals surface area contributed by atoms with Crippen molar-refractivity contribution in [2.45, 2.75) is 94.4 Å². The number of dihydropyridines is 2. The van der Waals surface area contributed by atoms with Gasteiger partial charge in [0.05, 0.1) is 35.3 Å². The molecule has 11 rings (SSSR count). The Morgan fingerprint density at radius 2 is 1.88 bits per heavy atom. The van der Waals surface area contributed by atoms with Crippen LogP contribution in [-0.4, -0.2) is 56.1 Å². The second-order valence-electron chi connectivity index (χ2n) is 16.7. The van der Waals surface area contributed by atoms with Gasteiger partial charge in [-0.15, -0.1) is 0 Å². The summed E-state index contributed by atoms with van der Waals surface area (Å²) in [7, 11) is 0. The maximum atomic E-state index is 14.5. The number of aromatic amines is 1. The minimum atomic E-state index is -1.13. The van der Waals surface area contributed by atoms with Gasteiger partial charge in [0.15, 0.2) is 11.0 Å². The van der Waals surface area contributed by atoms with Crippen molar-refractivity contribution in [1.82, 2.24) is 20.2 Å². The van der Waals surface area contributed by atoms with Crippen molar-refractivity contribution in [3.8, 4) is 11.5 Å². The first-order valence-electron chi connectivity index (χ1n) is 19.5. The number of fused-ring (bicyclic) bond motifs is 5. The fourth-order valence-corrected chi connectivity index (χ4v) is 9.98. The molecule has 2 fully saturated rings. The SMILES string of the molecule is Cc1cc(=O)c2c(O)c3c(cc2o1)OC(C)(C)[C@@H]1OC(=O)[C@]2(O[C@@H]2CCC2=CC(C4=CC(Cn5cc6cc[nH]c6c5)NC(N)=C4)NC(N)=C2)[C@@H]2C=C[C@@H](CC2)[C@H]31. The molecule has 0 radical (unpaired) electrons. The largest absolute Gasteiger partial charge is 0.507 e. The molecule has 0 amide bonds. The van der Waals surface area contributed by atoms with Crippen molar-refractivity contribution >= 4 is 27.8 Å². The van der Waals surface area contributed by atoms with E-state index in [1.165, 1.54) is 6.07 Å². The van der Waals surface area contributed by atoms with Gasteiger partial charge in [0.1, 0.15) is 39.9 Å². The number of hydrogen-bond acceptors (Lipinski definition) is 11. The molecule has 7 aliphatic rings. The maximum absolute atomic E-state index is 14.5. The number of allylic oxidation sites excluding steroid dienone is 3. The van der Waals surface area contributed by atoms with E-state index in [2.05, 4.69) is 62.9 Å². The first-order chi connectivity index (χ1) is 26.9. The number of rotatable bonds is 6. The third kappa shape index (κ3) is 5.54. The molecule has 290 valence electrons. The number of H-pyrrole nitrogens is 1. The van der Waals surface area contributed by atoms with Gasteiger partial charge >= 0.3 is 5.97 Å². The predicted molar refractivity (Wildman–Crippen MR) is 209 cm³/mol. The van der Waals surface area contributed by atoms with Gasteiger partial charge in [-0.25, -0.2) is 4.79 Å². The number of hydrogen-bond donors (Lipinski definition) is 6. The average molecular weight is 759 g/mol. The van der Waals surface area contributed by atoms with E-state index < -0.39 is 29.2 Å². The van der Waals surface area contributed by atoms with Crippen molar-refractivity contribution < 1.29 is 28.5 Å². The molecule has 6 aliphatic heterocycles. The average Bonchev–Trinajstić information content (AvgIpc) is 3.48. The molecule has 2 bridgehead atoms. The Kier molecular flexibility index (Phi) is 7.64. The van der Waals surface area contributed by atoms with Gasteiger partial charge in [-0.3, -0.25) is 4.79 Å². The minimum absolute atomic E-state index is 0.0190. The Balaban J connectivity index is 0.890. The van der Waals surface area contributed by atoms with Crippen LogP contribution >= 0.6 is 0 Å². The van der Waals surface area contributed by atoms with Gasteiger partial charge in [-0.05, 0) is 81.7 Å². The summed E-state index contributed by atoms with van der Waals surface area (Å²) in [6.45, 7) is 6.18. The first-order valence-corrected chi connectivity index (χ1v) is 19.5. The number of aryl methyl sites for hydroxylation is 1. The molecule has 13 nitrogen and oxygen atoms in total. The van der Waals surface area contributed by atoms with Crippen molar-refractivity contribution in [3.63, 3.8) is 0 Å². The molecule has 4 aromatic rings. The van der Waals surface area contributed by atoms with Crippen LogP contribution in [0.4, 0.5) is 0 Å². The Hall–Kier alpha value is -5.82. The lowest BCUT2D eigenvalue weighted by Crippen LogP contribution is -2.53. The molecule has 8 atom stereocenters. The number of carbonyl (C=O) groups is 1. The van der Waals surface area contributed by atoms with Crippen LogP contribution in [0.3, 0.4) is 0 Å². The summed E-state index contributed by atoms with van der Waals surface area (Å²) in [4.78, 5) is 30.8. The number of aromatic hydroxyl groups is 1. The van der Waals surface area contributed by atoms with E-state index in [0.29, 0.717) is 54.5 Å². The Bertz CT molecular complexity index is 2510. The summed E-state index contributed by atoms with van der Waals surface area (Å²) in [6.07, 6.45) is 20.2. The van der Waals surface area contributed by atoms with Crippen LogP contribution in [0.1, 0.15) is 56.8 Å². The van der Waals surface area contributed by atoms with Gasteiger partial charge in [-0.1, -0.05) is 24.3 Å². The van der Waals surface area contributed by atoms with Crippen LogP contribution in [-0.2, 0) is 20.8 Å². The molecule has 1 aliphatic carbocycles. The number of carbonyl (C=O) groups excluding carboxylic acids is 1. The normalized spacial score (nSPS) is 31.3. The van der Waals surface area contributed by atoms with Gasteiger partial charge in [-0.2, -0.15) is 0 Å². The molecule has 1 aromatic carbocycles. The van der Waals surface area contributed by atoms with E-state index in [0.717, 1.165) is 28.5 Å². The topological polar surface area (TPSA) is 195 Å². The molecule has 2 saturated heterocycles. The first kappa shape index (κ1) is 34.7. The summed E-state index contributed by atoms with van der Waals surface area (Å²) in [5.41, 5.74) is 14.3. The second-order valence-corrected chi connectivity index (χ2v) is 16.7. The van der Waals surface area contributed by atoms with E-state index in [1.54, 1.807) is 13.0 Å². The van der Waals surface area contributed by atoms with Crippen LogP contribution < -0.4 is 32.3 Å². The molecule has 8 N–H and O–H groups in total. The number of phenolic OH excluding ortho intramolecular Hbond substituents is 1. The lowest BCUT2D eigenvalue weighted by molar-refractivity contribution is -0.172. The number of phenols is 1. The van der Waals surface area contributed by atoms with Crippen LogP contribution in [0.2, 0.25) is 0 Å². The van der Waals surface area contributed by atoms with Crippen LogP contribution in [0.15, 0.2) is 105 Å². The highest BCUT2D eigenvalue weighted by Gasteiger charge is 2.69. The lowest BCUT2D eigenvalue weighted by atomic mass is 9.69. The molecule has 56 heavy (non-hydrogen) atoms. The molecular weight excluding hydrogens is 713 g/mol. The lowest BCUT2D eigenvalue weighted by Gasteiger charge is -2.46. The van der Waals surface area contributed by atoms with Crippen molar-refractivity contribution in [1.29, 1.82) is 0 Å². The van der Waals surface area contributed by atoms with Crippen molar-refractivity contribution in [2.75, 3.05) is 0 Å². The van der Waals surface area contributed by atoms with E-state index in [4.69, 9.17) is 30.1 Å². The zero-order valence-electron chi connectivity index (χ0n) is 31.5. The van der Waals surface area contributed by atoms with Gasteiger partial charge in [0, 0.05) is 60.1 Å². The zero-order chi connectivity index (χ0) is 38.7. The number of esters is 1. The highest BCUT2D eigenvalue weighted by molar-refractivity contribution is 5.88. The van der Waals surface area contributed by atoms with Crippen LogP contribution in [0.25, 0.3) is 21.9 Å². The number of epoxide rings is 1. The summed E-state index contributed by atoms with van der Waals surface area (Å²) < 4.78 is 27.4. The molecule has 13 heteroatoms. The standard InChI is InChI=1S/C43H46N6O7/c1-21-12-30(50)37-31(53-21)17-32-38(39(37)51)36-23-5-7-26(8-6-23)43(41(52)54-40(36)42(2,3)55-32)33(56-43)9-4-22-13-28(48-34(44)14-22)25-15-27(47-35(45)16-25)19-49-18-24-10-11-46-29(24)20-49/h5,7,10-18,20,23,26-28,33,36,40,46-48,51H,4,6,8-9,19,44-45H2,1-3H3/t23-,26+,27?,28?,33+,36+,40+,43-/m0/s1. The van der Waals surface area contributed by atoms with Gasteiger partial charge in [0.25, 0.3) is 0 Å². The fourth-order valence-electron chi connectivity index (χ4n) is 9.98. The molecule has 0 saturated carbocycles. The molecular formula is C43H46N6O7. The number of nitrogens with zero attached hydrogens (tertiary/aromatic N) is 1. The molecule has 9 heterocycles. The summed E-state index contributed by atoms with van der Waals surface area (Å²) in [5.74, 6) is 0.682. The number of benzene rings is 1. The third-order valence-electron chi connectivity index (χ3n) is 12.5. The summed E-state index contributed by atoms with van der Waals surface area (Å²) >= 11 is 0. The van der Waals surface area contributed by atoms with E-state index >= 15 is 0 Å². The van der Waals surface area contributed by atoms with Crippen LogP contribution in [0.5, 0.6) is 11.5 Å². The van der Waals surface area contributed by atoms with E-state index in [9.17, 15) is 14.7 Å². The predicted octanol–water partition coefficient (Wildman–Crippen LogP) is 4.87. The zero-order valence-corrected chi connectivity index (χ0v) is 31.5. The van der Waals surface area contributed by atoms with E-state index in [-0.39, 0.29) is 52.2 Å². The summed E-state index contributed by atoms with van der Waals surface area (Å²) in [5, 5.41) is 19.7. The monoisotopic (exact) mass is 758 g/mol. The van der Waals surface area contributed by atoms with Crippen LogP contribution in [0, 0.1) is 18.8 Å². The summed E-state index contributed by atoms with van der Waals surface area (Å²) in [6, 6.07) is 4.90. The number of nitrogens with two attached hydrogens (primary N) is 2.